The molecule has 0 aromatic heterocycles. The maximum atomic E-state index is 11.4. The van der Waals surface area contributed by atoms with E-state index in [0.717, 1.165) is 11.1 Å². The molecule has 0 aliphatic heterocycles. The van der Waals surface area contributed by atoms with E-state index in [1.54, 1.807) is 0 Å². The summed E-state index contributed by atoms with van der Waals surface area (Å²) in [6.07, 6.45) is 0. The number of alkyl halides is 3. The lowest BCUT2D eigenvalue weighted by Crippen LogP contribution is -2.15. The Morgan fingerprint density at radius 3 is 1.77 bits per heavy atom. The quantitative estimate of drug-likeness (QED) is 0.574. The van der Waals surface area contributed by atoms with Crippen LogP contribution >= 0.6 is 34.8 Å². The molecule has 0 spiro atoms. The van der Waals surface area contributed by atoms with E-state index in [9.17, 15) is 4.79 Å². The molecule has 0 unspecified atom stereocenters. The van der Waals surface area contributed by atoms with Gasteiger partial charge in [0.05, 0.1) is 6.01 Å². The van der Waals surface area contributed by atoms with E-state index in [1.807, 2.05) is 60.7 Å². The molecule has 0 N–H and O–H groups in total. The van der Waals surface area contributed by atoms with Gasteiger partial charge >= 0.3 is 5.91 Å². The molecule has 6 heteroatoms. The van der Waals surface area contributed by atoms with Crippen LogP contribution in [0.25, 0.3) is 0 Å². The minimum absolute atomic E-state index is 0.339. The molecule has 22 heavy (non-hydrogen) atoms. The van der Waals surface area contributed by atoms with Crippen LogP contribution < -0.4 is 0 Å². The van der Waals surface area contributed by atoms with Crippen LogP contribution in [-0.2, 0) is 4.79 Å². The van der Waals surface area contributed by atoms with Crippen LogP contribution in [0.5, 0.6) is 0 Å². The highest BCUT2D eigenvalue weighted by Crippen LogP contribution is 2.28. The van der Waals surface area contributed by atoms with Gasteiger partial charge in [-0.25, -0.2) is 4.99 Å². The summed E-state index contributed by atoms with van der Waals surface area (Å²) in [5.74, 6) is -0.930. The minimum atomic E-state index is -2.10. The first-order valence-electron chi connectivity index (χ1n) is 6.35. The monoisotopic (exact) mass is 352 g/mol. The van der Waals surface area contributed by atoms with Crippen molar-refractivity contribution in [2.75, 3.05) is 0 Å². The largest absolute Gasteiger partial charge is 0.307 e. The first-order chi connectivity index (χ1) is 10.5. The molecule has 0 radical (unpaired) electrons. The fraction of sp³-hybridized carbons (Fsp3) is 0.125. The Bertz CT molecular complexity index is 651. The van der Waals surface area contributed by atoms with E-state index in [2.05, 4.69) is 16.0 Å². The number of benzene rings is 2. The summed E-state index contributed by atoms with van der Waals surface area (Å²) in [4.78, 5) is 19.1. The lowest BCUT2D eigenvalue weighted by molar-refractivity contribution is -0.116. The molecule has 0 heterocycles. The summed E-state index contributed by atoms with van der Waals surface area (Å²) >= 11 is 16.3. The van der Waals surface area contributed by atoms with Gasteiger partial charge in [-0.2, -0.15) is 0 Å². The van der Waals surface area contributed by atoms with Gasteiger partial charge in [0.25, 0.3) is 3.79 Å². The molecule has 2 aromatic carbocycles. The molecule has 112 valence electrons. The summed E-state index contributed by atoms with van der Waals surface area (Å²) in [7, 11) is 0. The molecule has 0 aliphatic rings. The van der Waals surface area contributed by atoms with Gasteiger partial charge < -0.3 is 0 Å². The summed E-state index contributed by atoms with van der Waals surface area (Å²) in [5.41, 5.74) is 1.88. The predicted octanol–water partition coefficient (Wildman–Crippen LogP) is 4.85. The lowest BCUT2D eigenvalue weighted by Gasteiger charge is -2.11. The molecule has 0 bridgehead atoms. The first-order valence-corrected chi connectivity index (χ1v) is 7.48. The molecular formula is C16H11Cl3N2O. The Hall–Kier alpha value is -1.64. The second kappa shape index (κ2) is 7.57. The Kier molecular flexibility index (Phi) is 5.76. The zero-order valence-corrected chi connectivity index (χ0v) is 13.6. The van der Waals surface area contributed by atoms with Crippen molar-refractivity contribution in [1.82, 2.24) is 0 Å². The molecule has 3 nitrogen and oxygen atoms in total. The third-order valence-electron chi connectivity index (χ3n) is 2.81. The summed E-state index contributed by atoms with van der Waals surface area (Å²) < 4.78 is -2.10. The molecule has 0 fully saturated rings. The Balaban J connectivity index is 2.35. The predicted molar refractivity (Wildman–Crippen MR) is 89.9 cm³/mol. The van der Waals surface area contributed by atoms with Gasteiger partial charge in [0.2, 0.25) is 0 Å². The Labute approximate surface area is 143 Å². The van der Waals surface area contributed by atoms with E-state index in [4.69, 9.17) is 34.8 Å². The smallest absolute Gasteiger partial charge is 0.267 e. The molecular weight excluding hydrogens is 343 g/mol. The number of halogens is 3. The van der Waals surface area contributed by atoms with Crippen molar-refractivity contribution in [2.45, 2.75) is 9.83 Å². The van der Waals surface area contributed by atoms with E-state index in [-0.39, 0.29) is 6.04 Å². The van der Waals surface area contributed by atoms with Crippen LogP contribution in [0.1, 0.15) is 17.2 Å². The molecule has 2 aromatic rings. The van der Waals surface area contributed by atoms with Crippen molar-refractivity contribution in [3.05, 3.63) is 71.8 Å². The fourth-order valence-electron chi connectivity index (χ4n) is 1.81. The van der Waals surface area contributed by atoms with E-state index >= 15 is 0 Å². The van der Waals surface area contributed by atoms with Crippen LogP contribution in [0.2, 0.25) is 0 Å². The van der Waals surface area contributed by atoms with Gasteiger partial charge in [-0.1, -0.05) is 95.5 Å². The normalized spacial score (nSPS) is 10.9. The Morgan fingerprint density at radius 1 is 0.909 bits per heavy atom. The second-order valence-electron chi connectivity index (χ2n) is 4.37. The molecule has 0 saturated heterocycles. The number of nitrogens with zero attached hydrogens (tertiary/aromatic N) is 2. The van der Waals surface area contributed by atoms with Crippen LogP contribution in [0.3, 0.4) is 0 Å². The van der Waals surface area contributed by atoms with Gasteiger partial charge in [-0.15, -0.1) is 4.99 Å². The summed E-state index contributed by atoms with van der Waals surface area (Å²) in [5, 5.41) is 0. The van der Waals surface area contributed by atoms with Crippen molar-refractivity contribution in [2.24, 2.45) is 9.98 Å². The number of carbonyl (C=O) groups is 1. The fourth-order valence-corrected chi connectivity index (χ4v) is 1.93. The van der Waals surface area contributed by atoms with Crippen LogP contribution in [0.4, 0.5) is 0 Å². The standard InChI is InChI=1S/C16H11Cl3N2O/c17-16(18,19)15(22)21-11-20-14(12-7-3-1-4-8-12)13-9-5-2-6-10-13/h1-10,14H. The van der Waals surface area contributed by atoms with Crippen molar-refractivity contribution >= 4 is 46.7 Å². The maximum absolute atomic E-state index is 11.4. The van der Waals surface area contributed by atoms with Gasteiger partial charge in [0.15, 0.2) is 0 Å². The van der Waals surface area contributed by atoms with Crippen molar-refractivity contribution in [3.8, 4) is 0 Å². The highest BCUT2D eigenvalue weighted by atomic mass is 35.6. The first kappa shape index (κ1) is 16.7. The SMILES string of the molecule is O=C(N=C=NC(c1ccccc1)c1ccccc1)C(Cl)(Cl)Cl. The zero-order chi connectivity index (χ0) is 16.0. The summed E-state index contributed by atoms with van der Waals surface area (Å²) in [6, 6.07) is 21.2. The average molecular weight is 354 g/mol. The summed E-state index contributed by atoms with van der Waals surface area (Å²) in [6.45, 7) is 0. The molecule has 0 atom stereocenters. The highest BCUT2D eigenvalue weighted by molar-refractivity contribution is 6.76. The van der Waals surface area contributed by atoms with Crippen molar-refractivity contribution in [3.63, 3.8) is 0 Å². The van der Waals surface area contributed by atoms with Crippen LogP contribution in [-0.4, -0.2) is 15.7 Å². The molecule has 0 aliphatic carbocycles. The lowest BCUT2D eigenvalue weighted by atomic mass is 10.00. The topological polar surface area (TPSA) is 41.8 Å². The number of rotatable bonds is 3. The average Bonchev–Trinajstić information content (AvgIpc) is 2.52. The minimum Gasteiger partial charge on any atom is -0.267 e. The zero-order valence-electron chi connectivity index (χ0n) is 11.3. The maximum Gasteiger partial charge on any atom is 0.307 e. The molecule has 2 rings (SSSR count). The number of hydrogen-bond acceptors (Lipinski definition) is 2. The van der Waals surface area contributed by atoms with Crippen LogP contribution in [0.15, 0.2) is 70.6 Å². The third kappa shape index (κ3) is 4.69. The van der Waals surface area contributed by atoms with E-state index in [0.29, 0.717) is 0 Å². The van der Waals surface area contributed by atoms with E-state index < -0.39 is 9.70 Å². The Morgan fingerprint density at radius 2 is 1.36 bits per heavy atom. The van der Waals surface area contributed by atoms with Gasteiger partial charge in [0.1, 0.15) is 6.04 Å². The highest BCUT2D eigenvalue weighted by Gasteiger charge is 2.30. The van der Waals surface area contributed by atoms with Gasteiger partial charge in [0, 0.05) is 0 Å². The number of amides is 1. The number of aliphatic imine (C=N–C) groups is 2. The van der Waals surface area contributed by atoms with Gasteiger partial charge in [-0.3, -0.25) is 4.79 Å². The number of hydrogen-bond donors (Lipinski definition) is 0. The number of carbonyl (C=O) groups excluding carboxylic acids is 1. The van der Waals surface area contributed by atoms with Crippen LogP contribution in [0, 0.1) is 0 Å². The molecule has 1 amide bonds. The van der Waals surface area contributed by atoms with Crippen molar-refractivity contribution in [1.29, 1.82) is 0 Å². The van der Waals surface area contributed by atoms with Crippen molar-refractivity contribution < 1.29 is 4.79 Å². The third-order valence-corrected chi connectivity index (χ3v) is 3.30. The second-order valence-corrected chi connectivity index (χ2v) is 6.65. The molecule has 0 saturated carbocycles. The van der Waals surface area contributed by atoms with Gasteiger partial charge in [-0.05, 0) is 11.1 Å². The van der Waals surface area contributed by atoms with E-state index in [1.165, 1.54) is 0 Å².